The molecule has 1 saturated carbocycles. The van der Waals surface area contributed by atoms with Crippen LogP contribution in [0.25, 0.3) is 0 Å². The Balaban J connectivity index is 1.81. The summed E-state index contributed by atoms with van der Waals surface area (Å²) in [7, 11) is 0. The standard InChI is InChI=1S/C16H26N2O/c1-13-4-9-17-10-14(13)11-18-12-16(19)7-5-15(2,3)6-8-16/h4,9-10,18-19H,5-8,11-12H2,1-3H3. The van der Waals surface area contributed by atoms with Gasteiger partial charge in [0, 0.05) is 25.5 Å². The fourth-order valence-corrected chi connectivity index (χ4v) is 2.68. The Bertz CT molecular complexity index is 419. The van der Waals surface area contributed by atoms with Crippen molar-refractivity contribution in [3.63, 3.8) is 0 Å². The molecule has 0 radical (unpaired) electrons. The molecule has 0 aliphatic heterocycles. The number of rotatable bonds is 4. The van der Waals surface area contributed by atoms with E-state index in [2.05, 4.69) is 31.1 Å². The summed E-state index contributed by atoms with van der Waals surface area (Å²) < 4.78 is 0. The number of aliphatic hydroxyl groups is 1. The van der Waals surface area contributed by atoms with Gasteiger partial charge in [0.1, 0.15) is 0 Å². The second kappa shape index (κ2) is 5.59. The molecule has 1 aliphatic rings. The lowest BCUT2D eigenvalue weighted by Crippen LogP contribution is -2.44. The Morgan fingerprint density at radius 2 is 1.95 bits per heavy atom. The maximum absolute atomic E-state index is 10.6. The van der Waals surface area contributed by atoms with Gasteiger partial charge < -0.3 is 10.4 Å². The molecule has 3 heteroatoms. The molecule has 0 aromatic carbocycles. The number of nitrogens with one attached hydrogen (secondary N) is 1. The average Bonchev–Trinajstić information content (AvgIpc) is 2.36. The minimum Gasteiger partial charge on any atom is -0.389 e. The number of hydrogen-bond acceptors (Lipinski definition) is 3. The molecule has 0 saturated heterocycles. The van der Waals surface area contributed by atoms with E-state index in [4.69, 9.17) is 0 Å². The molecule has 0 atom stereocenters. The van der Waals surface area contributed by atoms with Crippen molar-refractivity contribution in [2.75, 3.05) is 6.54 Å². The number of pyridine rings is 1. The molecule has 106 valence electrons. The summed E-state index contributed by atoms with van der Waals surface area (Å²) in [6.45, 7) is 8.14. The van der Waals surface area contributed by atoms with Crippen molar-refractivity contribution in [1.29, 1.82) is 0 Å². The van der Waals surface area contributed by atoms with Gasteiger partial charge in [-0.1, -0.05) is 13.8 Å². The molecule has 2 N–H and O–H groups in total. The van der Waals surface area contributed by atoms with E-state index in [0.29, 0.717) is 12.0 Å². The summed E-state index contributed by atoms with van der Waals surface area (Å²) >= 11 is 0. The maximum Gasteiger partial charge on any atom is 0.0772 e. The summed E-state index contributed by atoms with van der Waals surface area (Å²) in [5.41, 5.74) is 2.33. The Kier molecular flexibility index (Phi) is 4.26. The lowest BCUT2D eigenvalue weighted by molar-refractivity contribution is -0.0245. The highest BCUT2D eigenvalue weighted by molar-refractivity contribution is 5.21. The van der Waals surface area contributed by atoms with Crippen molar-refractivity contribution < 1.29 is 5.11 Å². The highest BCUT2D eigenvalue weighted by atomic mass is 16.3. The Hall–Kier alpha value is -0.930. The lowest BCUT2D eigenvalue weighted by atomic mass is 9.71. The van der Waals surface area contributed by atoms with Crippen LogP contribution in [0.15, 0.2) is 18.5 Å². The summed E-state index contributed by atoms with van der Waals surface area (Å²) in [6, 6.07) is 2.02. The molecule has 0 bridgehead atoms. The molecule has 1 aromatic rings. The first kappa shape index (κ1) is 14.5. The van der Waals surface area contributed by atoms with Crippen molar-refractivity contribution in [2.45, 2.75) is 58.6 Å². The molecule has 0 amide bonds. The Morgan fingerprint density at radius 1 is 1.26 bits per heavy atom. The summed E-state index contributed by atoms with van der Waals surface area (Å²) in [6.07, 6.45) is 7.73. The van der Waals surface area contributed by atoms with Crippen LogP contribution in [0.3, 0.4) is 0 Å². The SMILES string of the molecule is Cc1ccncc1CNCC1(O)CCC(C)(C)CC1. The van der Waals surface area contributed by atoms with Crippen molar-refractivity contribution in [3.8, 4) is 0 Å². The van der Waals surface area contributed by atoms with Gasteiger partial charge in [-0.15, -0.1) is 0 Å². The van der Waals surface area contributed by atoms with Gasteiger partial charge in [0.05, 0.1) is 5.60 Å². The molecule has 1 aromatic heterocycles. The van der Waals surface area contributed by atoms with E-state index < -0.39 is 5.60 Å². The average molecular weight is 262 g/mol. The van der Waals surface area contributed by atoms with Crippen molar-refractivity contribution in [2.24, 2.45) is 5.41 Å². The van der Waals surface area contributed by atoms with E-state index in [1.807, 2.05) is 18.5 Å². The van der Waals surface area contributed by atoms with Crippen molar-refractivity contribution in [1.82, 2.24) is 10.3 Å². The van der Waals surface area contributed by atoms with Crippen molar-refractivity contribution >= 4 is 0 Å². The van der Waals surface area contributed by atoms with Gasteiger partial charge >= 0.3 is 0 Å². The Labute approximate surface area is 116 Å². The van der Waals surface area contributed by atoms with E-state index in [1.165, 1.54) is 11.1 Å². The normalized spacial score (nSPS) is 21.3. The van der Waals surface area contributed by atoms with E-state index in [9.17, 15) is 5.11 Å². The van der Waals surface area contributed by atoms with Gasteiger partial charge in [0.15, 0.2) is 0 Å². The second-order valence-corrected chi connectivity index (χ2v) is 6.79. The van der Waals surface area contributed by atoms with E-state index in [1.54, 1.807) is 0 Å². The third kappa shape index (κ3) is 4.02. The minimum atomic E-state index is -0.522. The molecule has 3 nitrogen and oxygen atoms in total. The van der Waals surface area contributed by atoms with E-state index >= 15 is 0 Å². The topological polar surface area (TPSA) is 45.2 Å². The maximum atomic E-state index is 10.6. The van der Waals surface area contributed by atoms with Gasteiger partial charge in [-0.25, -0.2) is 0 Å². The van der Waals surface area contributed by atoms with Gasteiger partial charge in [-0.2, -0.15) is 0 Å². The zero-order valence-corrected chi connectivity index (χ0v) is 12.4. The fourth-order valence-electron chi connectivity index (χ4n) is 2.68. The first-order valence-electron chi connectivity index (χ1n) is 7.23. The number of hydrogen-bond donors (Lipinski definition) is 2. The quantitative estimate of drug-likeness (QED) is 0.877. The van der Waals surface area contributed by atoms with Crippen LogP contribution in [0.5, 0.6) is 0 Å². The van der Waals surface area contributed by atoms with Crippen LogP contribution >= 0.6 is 0 Å². The van der Waals surface area contributed by atoms with Crippen LogP contribution in [0, 0.1) is 12.3 Å². The predicted octanol–water partition coefficient (Wildman–Crippen LogP) is 2.81. The van der Waals surface area contributed by atoms with Crippen LogP contribution < -0.4 is 5.32 Å². The van der Waals surface area contributed by atoms with Gasteiger partial charge in [-0.05, 0) is 55.2 Å². The van der Waals surface area contributed by atoms with E-state index in [-0.39, 0.29) is 0 Å². The molecule has 1 aliphatic carbocycles. The predicted molar refractivity (Wildman–Crippen MR) is 77.9 cm³/mol. The summed E-state index contributed by atoms with van der Waals surface area (Å²) in [4.78, 5) is 4.14. The van der Waals surface area contributed by atoms with Gasteiger partial charge in [-0.3, -0.25) is 4.98 Å². The number of nitrogens with zero attached hydrogens (tertiary/aromatic N) is 1. The molecule has 2 rings (SSSR count). The molecule has 19 heavy (non-hydrogen) atoms. The molecule has 0 unspecified atom stereocenters. The van der Waals surface area contributed by atoms with Crippen LogP contribution in [-0.2, 0) is 6.54 Å². The smallest absolute Gasteiger partial charge is 0.0772 e. The summed E-state index contributed by atoms with van der Waals surface area (Å²) in [5, 5.41) is 14.0. The molecular weight excluding hydrogens is 236 g/mol. The zero-order chi connectivity index (χ0) is 13.9. The van der Waals surface area contributed by atoms with Crippen LogP contribution in [0.1, 0.15) is 50.7 Å². The summed E-state index contributed by atoms with van der Waals surface area (Å²) in [5.74, 6) is 0. The van der Waals surface area contributed by atoms with Crippen molar-refractivity contribution in [3.05, 3.63) is 29.6 Å². The van der Waals surface area contributed by atoms with Gasteiger partial charge in [0.2, 0.25) is 0 Å². The Morgan fingerprint density at radius 3 is 2.58 bits per heavy atom. The second-order valence-electron chi connectivity index (χ2n) is 6.79. The highest BCUT2D eigenvalue weighted by Gasteiger charge is 2.36. The monoisotopic (exact) mass is 262 g/mol. The third-order valence-electron chi connectivity index (χ3n) is 4.45. The zero-order valence-electron chi connectivity index (χ0n) is 12.4. The number of aryl methyl sites for hydroxylation is 1. The minimum absolute atomic E-state index is 0.395. The molecular formula is C16H26N2O. The lowest BCUT2D eigenvalue weighted by Gasteiger charge is -2.40. The molecule has 1 fully saturated rings. The van der Waals surface area contributed by atoms with Crippen LogP contribution in [0.2, 0.25) is 0 Å². The van der Waals surface area contributed by atoms with Crippen LogP contribution in [-0.4, -0.2) is 22.2 Å². The van der Waals surface area contributed by atoms with E-state index in [0.717, 1.165) is 32.2 Å². The third-order valence-corrected chi connectivity index (χ3v) is 4.45. The van der Waals surface area contributed by atoms with Crippen LogP contribution in [0.4, 0.5) is 0 Å². The molecule has 1 heterocycles. The highest BCUT2D eigenvalue weighted by Crippen LogP contribution is 2.39. The van der Waals surface area contributed by atoms with Gasteiger partial charge in [0.25, 0.3) is 0 Å². The first-order chi connectivity index (χ1) is 8.90. The molecule has 0 spiro atoms. The largest absolute Gasteiger partial charge is 0.389 e. The first-order valence-corrected chi connectivity index (χ1v) is 7.23. The fraction of sp³-hybridized carbons (Fsp3) is 0.688. The number of aromatic nitrogens is 1.